The average Bonchev–Trinajstić information content (AvgIpc) is 2.72. The van der Waals surface area contributed by atoms with E-state index in [1.807, 2.05) is 6.08 Å². The van der Waals surface area contributed by atoms with Crippen LogP contribution < -0.4 is 0 Å². The van der Waals surface area contributed by atoms with Gasteiger partial charge >= 0.3 is 33.3 Å². The van der Waals surface area contributed by atoms with Crippen molar-refractivity contribution in [1.82, 2.24) is 0 Å². The van der Waals surface area contributed by atoms with Crippen LogP contribution in [0.3, 0.4) is 0 Å². The molecule has 8 heteroatoms. The van der Waals surface area contributed by atoms with Gasteiger partial charge in [-0.2, -0.15) is 16.8 Å². The molecule has 0 spiro atoms. The fourth-order valence-corrected chi connectivity index (χ4v) is 0.821. The van der Waals surface area contributed by atoms with Crippen LogP contribution in [0.1, 0.15) is 6.42 Å². The third-order valence-electron chi connectivity index (χ3n) is 1.31. The van der Waals surface area contributed by atoms with E-state index in [2.05, 4.69) is 20.0 Å². The molecule has 1 heterocycles. The van der Waals surface area contributed by atoms with Gasteiger partial charge in [0, 0.05) is 6.42 Å². The topological polar surface area (TPSA) is 65.2 Å². The van der Waals surface area contributed by atoms with Crippen molar-refractivity contribution in [3.05, 3.63) is 23.3 Å². The molecule has 1 rings (SSSR count). The molecule has 0 unspecified atom stereocenters. The molecule has 5 nitrogen and oxygen atoms in total. The number of nitriles is 1. The first-order valence-electron chi connectivity index (χ1n) is 3.73. The van der Waals surface area contributed by atoms with Crippen molar-refractivity contribution in [3.63, 3.8) is 0 Å². The molecule has 0 radical (unpaired) electrons. The first-order chi connectivity index (χ1) is 7.78. The molecule has 1 aliphatic heterocycles. The molecule has 0 atom stereocenters. The first-order valence-corrected chi connectivity index (χ1v) is 6.77. The molecule has 0 aliphatic carbocycles. The third kappa shape index (κ3) is 7.16. The van der Waals surface area contributed by atoms with Crippen molar-refractivity contribution in [1.29, 1.82) is 5.26 Å². The number of rotatable bonds is 2. The molecule has 0 amide bonds. The zero-order valence-electron chi connectivity index (χ0n) is 7.78. The van der Waals surface area contributed by atoms with Gasteiger partial charge in [0.2, 0.25) is 6.19 Å². The van der Waals surface area contributed by atoms with Crippen molar-refractivity contribution in [3.8, 4) is 6.19 Å². The predicted molar refractivity (Wildman–Crippen MR) is 61.0 cm³/mol. The Labute approximate surface area is 108 Å². The Kier molecular flexibility index (Phi) is 9.59. The van der Waals surface area contributed by atoms with Crippen molar-refractivity contribution < 1.29 is 13.1 Å². The quantitative estimate of drug-likeness (QED) is 0.254. The van der Waals surface area contributed by atoms with E-state index >= 15 is 0 Å². The SMILES string of the molecule is [C-]#[N+]/N=C/C1=CCC(C=NC#N)=N1.[Cl][Fe][Cl]. The van der Waals surface area contributed by atoms with Crippen LogP contribution in [-0.2, 0) is 13.1 Å². The minimum atomic E-state index is 0.194. The molecule has 0 aromatic heterocycles. The second-order valence-corrected chi connectivity index (χ2v) is 4.01. The molecule has 1 aliphatic rings. The van der Waals surface area contributed by atoms with Gasteiger partial charge in [0.25, 0.3) is 0 Å². The van der Waals surface area contributed by atoms with Gasteiger partial charge in [-0.05, 0) is 0 Å². The molecular formula is C8H5Cl2FeN5. The van der Waals surface area contributed by atoms with Crippen molar-refractivity contribution in [2.45, 2.75) is 6.42 Å². The number of hydrogen-bond donors (Lipinski definition) is 0. The minimum absolute atomic E-state index is 0.194. The van der Waals surface area contributed by atoms with Crippen molar-refractivity contribution in [2.75, 3.05) is 0 Å². The second kappa shape index (κ2) is 10.4. The maximum atomic E-state index is 8.15. The summed E-state index contributed by atoms with van der Waals surface area (Å²) in [5, 5.41) is 11.5. The zero-order valence-corrected chi connectivity index (χ0v) is 10.4. The van der Waals surface area contributed by atoms with Crippen molar-refractivity contribution >= 4 is 38.3 Å². The summed E-state index contributed by atoms with van der Waals surface area (Å²) in [5.41, 5.74) is 1.34. The van der Waals surface area contributed by atoms with E-state index < -0.39 is 0 Å². The van der Waals surface area contributed by atoms with Gasteiger partial charge in [-0.1, -0.05) is 6.08 Å². The molecule has 16 heavy (non-hydrogen) atoms. The van der Waals surface area contributed by atoms with E-state index in [1.54, 1.807) is 6.19 Å². The van der Waals surface area contributed by atoms with Gasteiger partial charge in [0.15, 0.2) is 0 Å². The first kappa shape index (κ1) is 14.8. The van der Waals surface area contributed by atoms with Crippen LogP contribution in [0.2, 0.25) is 0 Å². The van der Waals surface area contributed by atoms with Crippen LogP contribution in [0.25, 0.3) is 4.95 Å². The zero-order chi connectivity index (χ0) is 12.2. The summed E-state index contributed by atoms with van der Waals surface area (Å²) in [4.78, 5) is 10.2. The van der Waals surface area contributed by atoms with Crippen molar-refractivity contribution in [2.24, 2.45) is 15.1 Å². The van der Waals surface area contributed by atoms with Gasteiger partial charge in [-0.15, -0.1) is 4.95 Å². The van der Waals surface area contributed by atoms with Crippen LogP contribution in [0.4, 0.5) is 0 Å². The molecule has 84 valence electrons. The van der Waals surface area contributed by atoms with Gasteiger partial charge in [-0.25, -0.2) is 4.99 Å². The van der Waals surface area contributed by atoms with E-state index in [-0.39, 0.29) is 13.1 Å². The fourth-order valence-electron chi connectivity index (χ4n) is 0.821. The van der Waals surface area contributed by atoms with Crippen LogP contribution in [0.15, 0.2) is 26.9 Å². The van der Waals surface area contributed by atoms with E-state index in [0.29, 0.717) is 17.8 Å². The summed E-state index contributed by atoms with van der Waals surface area (Å²) >= 11 is 0.194. The third-order valence-corrected chi connectivity index (χ3v) is 1.31. The summed E-state index contributed by atoms with van der Waals surface area (Å²) in [6, 6.07) is 0. The normalized spacial score (nSPS) is 14.0. The molecule has 0 saturated heterocycles. The van der Waals surface area contributed by atoms with E-state index in [1.165, 1.54) is 12.4 Å². The summed E-state index contributed by atoms with van der Waals surface area (Å²) in [6.45, 7) is 6.41. The number of nitrogens with zero attached hydrogens (tertiary/aromatic N) is 5. The Morgan fingerprint density at radius 2 is 2.31 bits per heavy atom. The molecule has 0 bridgehead atoms. The summed E-state index contributed by atoms with van der Waals surface area (Å²) < 4.78 is 0. The molecule has 0 aromatic carbocycles. The van der Waals surface area contributed by atoms with Crippen LogP contribution in [-0.4, -0.2) is 18.1 Å². The van der Waals surface area contributed by atoms with Gasteiger partial charge in [0.05, 0.1) is 22.7 Å². The standard InChI is InChI=1S/C8H5N5.2ClH.Fe/c1-10-12-5-8-3-2-7(13-8)4-11-6-9;;;/h3-5H,2H2;2*1H;/q;;;+2/p-2/b11-4?,12-5+;;;. The summed E-state index contributed by atoms with van der Waals surface area (Å²) in [6.07, 6.45) is 6.85. The number of halogens is 2. The number of allylic oxidation sites excluding steroid dienone is 2. The Balaban J connectivity index is 0.000000673. The van der Waals surface area contributed by atoms with Gasteiger partial charge in [-0.3, -0.25) is 0 Å². The van der Waals surface area contributed by atoms with E-state index in [9.17, 15) is 0 Å². The van der Waals surface area contributed by atoms with Crippen LogP contribution >= 0.6 is 20.2 Å². The average molecular weight is 298 g/mol. The Hall–Kier alpha value is -1.17. The van der Waals surface area contributed by atoms with Gasteiger partial charge < -0.3 is 0 Å². The van der Waals surface area contributed by atoms with Crippen LogP contribution in [0, 0.1) is 18.0 Å². The predicted octanol–water partition coefficient (Wildman–Crippen LogP) is 2.55. The molecule has 0 N–H and O–H groups in total. The van der Waals surface area contributed by atoms with E-state index in [0.717, 1.165) is 0 Å². The Bertz CT molecular complexity index is 413. The van der Waals surface area contributed by atoms with Gasteiger partial charge in [0.1, 0.15) is 6.21 Å². The molecular weight excluding hydrogens is 293 g/mol. The molecule has 0 fully saturated rings. The second-order valence-electron chi connectivity index (χ2n) is 2.19. The summed E-state index contributed by atoms with van der Waals surface area (Å²) in [5.74, 6) is 0. The Morgan fingerprint density at radius 3 is 2.88 bits per heavy atom. The Morgan fingerprint density at radius 1 is 1.62 bits per heavy atom. The number of aliphatic imine (C=N–C) groups is 2. The molecule has 0 aromatic rings. The maximum absolute atomic E-state index is 8.15. The fraction of sp³-hybridized carbons (Fsp3) is 0.125. The summed E-state index contributed by atoms with van der Waals surface area (Å²) in [7, 11) is 9.53. The molecule has 0 saturated carbocycles. The number of hydrogen-bond acceptors (Lipinski definition) is 4. The monoisotopic (exact) mass is 297 g/mol. The van der Waals surface area contributed by atoms with E-state index in [4.69, 9.17) is 32.0 Å². The van der Waals surface area contributed by atoms with Crippen LogP contribution in [0.5, 0.6) is 0 Å².